The average Bonchev–Trinajstić information content (AvgIpc) is 3.12. The Morgan fingerprint density at radius 2 is 1.61 bits per heavy atom. The van der Waals surface area contributed by atoms with Crippen LogP contribution in [0.2, 0.25) is 0 Å². The highest BCUT2D eigenvalue weighted by Crippen LogP contribution is 2.44. The average molecular weight is 462 g/mol. The summed E-state index contributed by atoms with van der Waals surface area (Å²) >= 11 is 0. The molecule has 0 heterocycles. The van der Waals surface area contributed by atoms with Crippen LogP contribution >= 0.6 is 0 Å². The second kappa shape index (κ2) is 10.4. The molecule has 0 aliphatic heterocycles. The maximum atomic E-state index is 13.1. The molecule has 0 saturated carbocycles. The summed E-state index contributed by atoms with van der Waals surface area (Å²) in [5.74, 6) is -7.44. The Morgan fingerprint density at radius 3 is 2.15 bits per heavy atom. The standard InChI is InChI=1S/C23H24F2N2O6/c1-32-19(20(28)27-13-23(24,25)21(29)30)10-11-26-22(31)33-12-18-16-8-4-2-6-14(16)15-7-3-5-9-17(15)18/h2-9,18-19H,10-13H2,1H3,(H,26,31)(H,27,28)(H,29,30). The summed E-state index contributed by atoms with van der Waals surface area (Å²) in [6, 6.07) is 15.8. The van der Waals surface area contributed by atoms with Crippen molar-refractivity contribution in [2.24, 2.45) is 0 Å². The highest BCUT2D eigenvalue weighted by atomic mass is 19.3. The summed E-state index contributed by atoms with van der Waals surface area (Å²) in [5.41, 5.74) is 4.34. The summed E-state index contributed by atoms with van der Waals surface area (Å²) in [5, 5.41) is 12.7. The van der Waals surface area contributed by atoms with E-state index in [2.05, 4.69) is 5.32 Å². The van der Waals surface area contributed by atoms with Gasteiger partial charge in [0.15, 0.2) is 0 Å². The lowest BCUT2D eigenvalue weighted by atomic mass is 9.98. The Kier molecular flexibility index (Phi) is 7.59. The van der Waals surface area contributed by atoms with E-state index in [9.17, 15) is 23.2 Å². The largest absolute Gasteiger partial charge is 0.477 e. The Balaban J connectivity index is 1.47. The number of aliphatic carboxylic acids is 1. The fourth-order valence-electron chi connectivity index (χ4n) is 3.70. The molecule has 1 atom stereocenters. The second-order valence-corrected chi connectivity index (χ2v) is 7.49. The number of carbonyl (C=O) groups is 3. The van der Waals surface area contributed by atoms with Gasteiger partial charge in [-0.15, -0.1) is 0 Å². The van der Waals surface area contributed by atoms with Crippen LogP contribution in [0.3, 0.4) is 0 Å². The number of hydrogen-bond acceptors (Lipinski definition) is 5. The Bertz CT molecular complexity index is 984. The molecular formula is C23H24F2N2O6. The predicted octanol–water partition coefficient (Wildman–Crippen LogP) is 2.77. The SMILES string of the molecule is COC(CCNC(=O)OCC1c2ccccc2-c2ccccc21)C(=O)NCC(F)(F)C(=O)O. The van der Waals surface area contributed by atoms with Gasteiger partial charge in [0.2, 0.25) is 5.91 Å². The summed E-state index contributed by atoms with van der Waals surface area (Å²) in [6.07, 6.45) is -1.86. The molecule has 8 nitrogen and oxygen atoms in total. The van der Waals surface area contributed by atoms with Gasteiger partial charge in [-0.1, -0.05) is 48.5 Å². The van der Waals surface area contributed by atoms with Crippen molar-refractivity contribution in [3.63, 3.8) is 0 Å². The molecular weight excluding hydrogens is 438 g/mol. The van der Waals surface area contributed by atoms with E-state index in [-0.39, 0.29) is 25.5 Å². The molecule has 1 aliphatic rings. The van der Waals surface area contributed by atoms with E-state index in [0.29, 0.717) is 0 Å². The van der Waals surface area contributed by atoms with Gasteiger partial charge in [-0.2, -0.15) is 8.78 Å². The van der Waals surface area contributed by atoms with Gasteiger partial charge in [0.1, 0.15) is 12.7 Å². The summed E-state index contributed by atoms with van der Waals surface area (Å²) in [7, 11) is 1.20. The minimum atomic E-state index is -4.09. The van der Waals surface area contributed by atoms with Gasteiger partial charge < -0.3 is 25.2 Å². The molecule has 0 radical (unpaired) electrons. The zero-order chi connectivity index (χ0) is 24.0. The number of alkyl halides is 2. The van der Waals surface area contributed by atoms with Crippen LogP contribution in [-0.2, 0) is 19.1 Å². The number of carbonyl (C=O) groups excluding carboxylic acids is 2. The number of rotatable bonds is 10. The van der Waals surface area contributed by atoms with Gasteiger partial charge >= 0.3 is 18.0 Å². The number of ether oxygens (including phenoxy) is 2. The maximum Gasteiger partial charge on any atom is 0.407 e. The highest BCUT2D eigenvalue weighted by Gasteiger charge is 2.39. The molecule has 1 unspecified atom stereocenters. The number of hydrogen-bond donors (Lipinski definition) is 3. The van der Waals surface area contributed by atoms with Crippen LogP contribution in [0.25, 0.3) is 11.1 Å². The molecule has 0 saturated heterocycles. The second-order valence-electron chi connectivity index (χ2n) is 7.49. The van der Waals surface area contributed by atoms with Crippen LogP contribution in [0.15, 0.2) is 48.5 Å². The van der Waals surface area contributed by atoms with Gasteiger partial charge in [-0.05, 0) is 22.3 Å². The first kappa shape index (κ1) is 24.1. The topological polar surface area (TPSA) is 114 Å². The van der Waals surface area contributed by atoms with Gasteiger partial charge in [0.25, 0.3) is 0 Å². The molecule has 33 heavy (non-hydrogen) atoms. The van der Waals surface area contributed by atoms with Crippen LogP contribution in [0.5, 0.6) is 0 Å². The Morgan fingerprint density at radius 1 is 1.03 bits per heavy atom. The van der Waals surface area contributed by atoms with E-state index in [0.717, 1.165) is 22.3 Å². The van der Waals surface area contributed by atoms with E-state index >= 15 is 0 Å². The normalized spacial score (nSPS) is 13.5. The molecule has 0 aromatic heterocycles. The van der Waals surface area contributed by atoms with Crippen molar-refractivity contribution >= 4 is 18.0 Å². The van der Waals surface area contributed by atoms with E-state index in [4.69, 9.17) is 14.6 Å². The zero-order valence-electron chi connectivity index (χ0n) is 17.8. The molecule has 2 aromatic rings. The maximum absolute atomic E-state index is 13.1. The summed E-state index contributed by atoms with van der Waals surface area (Å²) in [4.78, 5) is 34.5. The lowest BCUT2D eigenvalue weighted by Crippen LogP contribution is -2.46. The minimum Gasteiger partial charge on any atom is -0.477 e. The first-order valence-corrected chi connectivity index (χ1v) is 10.2. The van der Waals surface area contributed by atoms with E-state index in [1.54, 1.807) is 0 Å². The molecule has 10 heteroatoms. The molecule has 3 rings (SSSR count). The van der Waals surface area contributed by atoms with Crippen molar-refractivity contribution in [3.05, 3.63) is 59.7 Å². The molecule has 2 amide bonds. The Hall–Kier alpha value is -3.53. The first-order chi connectivity index (χ1) is 15.7. The highest BCUT2D eigenvalue weighted by molar-refractivity contribution is 5.82. The third-order valence-electron chi connectivity index (χ3n) is 5.39. The molecule has 0 fully saturated rings. The van der Waals surface area contributed by atoms with Crippen LogP contribution in [0.1, 0.15) is 23.5 Å². The fourth-order valence-corrected chi connectivity index (χ4v) is 3.70. The Labute approximate surface area is 188 Å². The van der Waals surface area contributed by atoms with E-state index in [1.165, 1.54) is 7.11 Å². The van der Waals surface area contributed by atoms with Crippen molar-refractivity contribution in [1.82, 2.24) is 10.6 Å². The van der Waals surface area contributed by atoms with Crippen LogP contribution in [-0.4, -0.2) is 61.9 Å². The van der Waals surface area contributed by atoms with Crippen molar-refractivity contribution in [3.8, 4) is 11.1 Å². The molecule has 176 valence electrons. The van der Waals surface area contributed by atoms with Crippen molar-refractivity contribution < 1.29 is 37.7 Å². The lowest BCUT2D eigenvalue weighted by Gasteiger charge is -2.18. The smallest absolute Gasteiger partial charge is 0.407 e. The van der Waals surface area contributed by atoms with Crippen molar-refractivity contribution in [2.45, 2.75) is 24.4 Å². The van der Waals surface area contributed by atoms with E-state index in [1.807, 2.05) is 53.8 Å². The van der Waals surface area contributed by atoms with Crippen molar-refractivity contribution in [1.29, 1.82) is 0 Å². The molecule has 3 N–H and O–H groups in total. The summed E-state index contributed by atoms with van der Waals surface area (Å²) in [6.45, 7) is -1.25. The summed E-state index contributed by atoms with van der Waals surface area (Å²) < 4.78 is 36.5. The van der Waals surface area contributed by atoms with Gasteiger partial charge in [-0.25, -0.2) is 9.59 Å². The van der Waals surface area contributed by atoms with Crippen LogP contribution in [0, 0.1) is 0 Å². The number of halogens is 2. The third-order valence-corrected chi connectivity index (χ3v) is 5.39. The molecule has 0 bridgehead atoms. The first-order valence-electron chi connectivity index (χ1n) is 10.2. The quantitative estimate of drug-likeness (QED) is 0.500. The monoisotopic (exact) mass is 462 g/mol. The number of alkyl carbamates (subject to hydrolysis) is 1. The molecule has 0 spiro atoms. The van der Waals surface area contributed by atoms with E-state index < -0.39 is 36.5 Å². The number of fused-ring (bicyclic) bond motifs is 3. The lowest BCUT2D eigenvalue weighted by molar-refractivity contribution is -0.164. The van der Waals surface area contributed by atoms with Crippen LogP contribution < -0.4 is 10.6 Å². The number of benzene rings is 2. The molecule has 1 aliphatic carbocycles. The predicted molar refractivity (Wildman–Crippen MR) is 114 cm³/mol. The third kappa shape index (κ3) is 5.64. The van der Waals surface area contributed by atoms with Gasteiger partial charge in [-0.3, -0.25) is 4.79 Å². The number of amides is 2. The molecule has 2 aromatic carbocycles. The van der Waals surface area contributed by atoms with Gasteiger partial charge in [0.05, 0.1) is 6.54 Å². The van der Waals surface area contributed by atoms with Crippen LogP contribution in [0.4, 0.5) is 13.6 Å². The fraction of sp³-hybridized carbons (Fsp3) is 0.348. The number of carboxylic acids is 1. The van der Waals surface area contributed by atoms with Crippen molar-refractivity contribution in [2.75, 3.05) is 26.8 Å². The number of carboxylic acid groups (broad SMARTS) is 1. The zero-order valence-corrected chi connectivity index (χ0v) is 17.8. The number of methoxy groups -OCH3 is 1. The number of nitrogens with one attached hydrogen (secondary N) is 2. The minimum absolute atomic E-state index is 0.0159. The van der Waals surface area contributed by atoms with Gasteiger partial charge in [0, 0.05) is 26.0 Å².